The van der Waals surface area contributed by atoms with Gasteiger partial charge in [-0.15, -0.1) is 12.4 Å². The van der Waals surface area contributed by atoms with Gasteiger partial charge in [-0.1, -0.05) is 31.9 Å². The van der Waals surface area contributed by atoms with Gasteiger partial charge in [-0.3, -0.25) is 34.1 Å². The number of imide groups is 1. The SMILES string of the molecule is CC[C@@H]1C(=O)N(C)c2cnc(Cc3ccc(C(=O)NCCCNCCOCC(=O)Nc4cccc5c4CN(C4CCC(=O)NC4=O)C5=O)cc3OC)nc2N1C1CCCC1.Cl. The number of hydrogen-bond donors (Lipinski definition) is 4. The monoisotopic (exact) mass is 859 g/mol. The van der Waals surface area contributed by atoms with Crippen molar-refractivity contribution in [2.24, 2.45) is 0 Å². The van der Waals surface area contributed by atoms with Crippen LogP contribution in [0.4, 0.5) is 17.2 Å². The Hall–Kier alpha value is -5.65. The molecule has 326 valence electrons. The average molecular weight is 860 g/mol. The molecule has 18 heteroatoms. The van der Waals surface area contributed by atoms with Crippen LogP contribution in [0.15, 0.2) is 42.6 Å². The molecule has 6 amide bonds. The number of rotatable bonds is 17. The Bertz CT molecular complexity index is 2150. The highest BCUT2D eigenvalue weighted by Crippen LogP contribution is 2.40. The average Bonchev–Trinajstić information content (AvgIpc) is 3.90. The second-order valence-electron chi connectivity index (χ2n) is 15.6. The molecule has 0 radical (unpaired) electrons. The molecule has 1 aliphatic carbocycles. The zero-order valence-corrected chi connectivity index (χ0v) is 35.6. The van der Waals surface area contributed by atoms with E-state index in [1.807, 2.05) is 13.0 Å². The normalized spacial score (nSPS) is 18.7. The number of methoxy groups -OCH3 is 1. The first-order chi connectivity index (χ1) is 29.1. The fourth-order valence-electron chi connectivity index (χ4n) is 8.55. The highest BCUT2D eigenvalue weighted by Gasteiger charge is 2.42. The number of nitrogens with one attached hydrogen (secondary N) is 4. The summed E-state index contributed by atoms with van der Waals surface area (Å²) in [6.45, 7) is 3.85. The highest BCUT2D eigenvalue weighted by molar-refractivity contribution is 6.07. The van der Waals surface area contributed by atoms with Gasteiger partial charge in [0.25, 0.3) is 11.8 Å². The van der Waals surface area contributed by atoms with E-state index >= 15 is 0 Å². The number of benzene rings is 2. The molecule has 61 heavy (non-hydrogen) atoms. The van der Waals surface area contributed by atoms with E-state index in [9.17, 15) is 28.8 Å². The fourth-order valence-corrected chi connectivity index (χ4v) is 8.55. The van der Waals surface area contributed by atoms with Gasteiger partial charge in [0.15, 0.2) is 5.82 Å². The second kappa shape index (κ2) is 20.3. The summed E-state index contributed by atoms with van der Waals surface area (Å²) in [5, 5.41) is 11.3. The molecule has 3 aliphatic heterocycles. The van der Waals surface area contributed by atoms with Crippen molar-refractivity contribution in [3.8, 4) is 5.75 Å². The third kappa shape index (κ3) is 9.95. The minimum Gasteiger partial charge on any atom is -0.496 e. The van der Waals surface area contributed by atoms with Crippen LogP contribution < -0.4 is 35.8 Å². The van der Waals surface area contributed by atoms with Gasteiger partial charge in [-0.05, 0) is 62.9 Å². The van der Waals surface area contributed by atoms with E-state index in [-0.39, 0.29) is 86.6 Å². The number of nitrogens with zero attached hydrogens (tertiary/aromatic N) is 5. The van der Waals surface area contributed by atoms with E-state index < -0.39 is 11.9 Å². The van der Waals surface area contributed by atoms with Gasteiger partial charge < -0.3 is 40.1 Å². The lowest BCUT2D eigenvalue weighted by Crippen LogP contribution is -2.55. The maximum Gasteiger partial charge on any atom is 0.255 e. The van der Waals surface area contributed by atoms with Crippen LogP contribution in [0.2, 0.25) is 0 Å². The number of halogens is 1. The molecule has 4 aliphatic rings. The van der Waals surface area contributed by atoms with Crippen LogP contribution >= 0.6 is 12.4 Å². The molecule has 4 N–H and O–H groups in total. The molecule has 1 saturated heterocycles. The summed E-state index contributed by atoms with van der Waals surface area (Å²) in [5.74, 6) is 0.289. The van der Waals surface area contributed by atoms with Crippen LogP contribution in [0.3, 0.4) is 0 Å². The number of hydrogen-bond acceptors (Lipinski definition) is 12. The van der Waals surface area contributed by atoms with Gasteiger partial charge in [0.2, 0.25) is 23.6 Å². The van der Waals surface area contributed by atoms with E-state index in [1.54, 1.807) is 55.6 Å². The molecule has 2 fully saturated rings. The molecule has 2 aromatic carbocycles. The number of aromatic nitrogens is 2. The lowest BCUT2D eigenvalue weighted by atomic mass is 10.0. The molecule has 17 nitrogen and oxygen atoms in total. The molecule has 2 atom stereocenters. The molecule has 1 saturated carbocycles. The maximum absolute atomic E-state index is 13.3. The number of fused-ring (bicyclic) bond motifs is 2. The number of anilines is 3. The molecule has 1 aromatic heterocycles. The zero-order chi connectivity index (χ0) is 42.3. The minimum atomic E-state index is -0.741. The van der Waals surface area contributed by atoms with Crippen molar-refractivity contribution in [1.82, 2.24) is 30.8 Å². The van der Waals surface area contributed by atoms with Crippen molar-refractivity contribution in [3.05, 3.63) is 70.7 Å². The predicted molar refractivity (Wildman–Crippen MR) is 229 cm³/mol. The highest BCUT2D eigenvalue weighted by atomic mass is 35.5. The van der Waals surface area contributed by atoms with E-state index in [4.69, 9.17) is 14.5 Å². The van der Waals surface area contributed by atoms with Crippen LogP contribution in [0, 0.1) is 0 Å². The first-order valence-electron chi connectivity index (χ1n) is 20.8. The van der Waals surface area contributed by atoms with Crippen molar-refractivity contribution in [2.75, 3.05) is 62.1 Å². The molecule has 0 bridgehead atoms. The molecule has 0 spiro atoms. The van der Waals surface area contributed by atoms with Crippen LogP contribution in [0.1, 0.15) is 96.0 Å². The summed E-state index contributed by atoms with van der Waals surface area (Å²) in [6, 6.07) is 9.67. The van der Waals surface area contributed by atoms with Crippen molar-refractivity contribution >= 4 is 65.0 Å². The number of carbonyl (C=O) groups excluding carboxylic acids is 6. The maximum atomic E-state index is 13.3. The van der Waals surface area contributed by atoms with Crippen LogP contribution in [-0.2, 0) is 36.9 Å². The Labute approximate surface area is 361 Å². The van der Waals surface area contributed by atoms with Gasteiger partial charge in [-0.25, -0.2) is 9.97 Å². The van der Waals surface area contributed by atoms with Crippen LogP contribution in [-0.4, -0.2) is 115 Å². The van der Waals surface area contributed by atoms with Gasteiger partial charge >= 0.3 is 0 Å². The van der Waals surface area contributed by atoms with Crippen molar-refractivity contribution in [2.45, 2.75) is 89.4 Å². The lowest BCUT2D eigenvalue weighted by Gasteiger charge is -2.43. The second-order valence-corrected chi connectivity index (χ2v) is 15.6. The van der Waals surface area contributed by atoms with Gasteiger partial charge in [-0.2, -0.15) is 0 Å². The quantitative estimate of drug-likeness (QED) is 0.114. The number of likely N-dealkylation sites (N-methyl/N-ethyl adjacent to an activating group) is 1. The third-order valence-electron chi connectivity index (χ3n) is 11.7. The topological polar surface area (TPSA) is 204 Å². The largest absolute Gasteiger partial charge is 0.496 e. The lowest BCUT2D eigenvalue weighted by molar-refractivity contribution is -0.137. The summed E-state index contributed by atoms with van der Waals surface area (Å²) in [4.78, 5) is 91.0. The molecule has 7 rings (SSSR count). The summed E-state index contributed by atoms with van der Waals surface area (Å²) in [6.07, 6.45) is 8.30. The standard InChI is InChI=1S/C43H53N9O8.ClH/c1-4-32-43(58)50(2)34-23-46-36(48-39(34)52(32)28-9-5-6-10-28)22-26-13-14-27(21-35(26)59-3)40(55)45-18-8-17-44-19-20-60-25-38(54)47-31-12-7-11-29-30(31)24-51(42(29)57)33-15-16-37(53)49-41(33)56;/h7,11-14,21,23,28,32-33,44H,4-6,8-10,15-20,22,24-25H2,1-3H3,(H,45,55)(H,47,54)(H,49,53,56);1H/t32-,33?;/m1./s1. The van der Waals surface area contributed by atoms with Gasteiger partial charge in [0, 0.05) is 73.5 Å². The Morgan fingerprint density at radius 2 is 1.82 bits per heavy atom. The number of amides is 6. The molecular weight excluding hydrogens is 806 g/mol. The first-order valence-corrected chi connectivity index (χ1v) is 20.8. The fraction of sp³-hybridized carbons (Fsp3) is 0.488. The zero-order valence-electron chi connectivity index (χ0n) is 34.8. The Morgan fingerprint density at radius 3 is 2.57 bits per heavy atom. The number of carbonyl (C=O) groups is 6. The van der Waals surface area contributed by atoms with E-state index in [0.717, 1.165) is 42.8 Å². The number of piperidine rings is 1. The van der Waals surface area contributed by atoms with E-state index in [1.165, 1.54) is 4.90 Å². The minimum absolute atomic E-state index is 0. The smallest absolute Gasteiger partial charge is 0.255 e. The first kappa shape index (κ1) is 44.9. The molecule has 1 unspecified atom stereocenters. The van der Waals surface area contributed by atoms with E-state index in [0.29, 0.717) is 72.8 Å². The van der Waals surface area contributed by atoms with Crippen LogP contribution in [0.25, 0.3) is 0 Å². The van der Waals surface area contributed by atoms with Gasteiger partial charge in [0.05, 0.1) is 19.9 Å². The molecular formula is C43H54ClN9O8. The predicted octanol–water partition coefficient (Wildman–Crippen LogP) is 3.13. The molecule has 3 aromatic rings. The Morgan fingerprint density at radius 1 is 1.02 bits per heavy atom. The van der Waals surface area contributed by atoms with Crippen molar-refractivity contribution in [1.29, 1.82) is 0 Å². The summed E-state index contributed by atoms with van der Waals surface area (Å²) < 4.78 is 11.2. The van der Waals surface area contributed by atoms with Gasteiger partial charge in [0.1, 0.15) is 36.0 Å². The van der Waals surface area contributed by atoms with E-state index in [2.05, 4.69) is 31.2 Å². The molecule has 4 heterocycles. The summed E-state index contributed by atoms with van der Waals surface area (Å²) in [5.41, 5.74) is 3.54. The Kier molecular flexibility index (Phi) is 14.9. The summed E-state index contributed by atoms with van der Waals surface area (Å²) in [7, 11) is 3.36. The van der Waals surface area contributed by atoms with Crippen molar-refractivity contribution in [3.63, 3.8) is 0 Å². The third-order valence-corrected chi connectivity index (χ3v) is 11.7. The summed E-state index contributed by atoms with van der Waals surface area (Å²) >= 11 is 0. The van der Waals surface area contributed by atoms with Crippen LogP contribution in [0.5, 0.6) is 5.75 Å². The van der Waals surface area contributed by atoms with Crippen molar-refractivity contribution < 1.29 is 38.2 Å². The Balaban J connectivity index is 0.00000622. The number of ether oxygens (including phenoxy) is 2.